The minimum Gasteiger partial charge on any atom is -0.240 e. The highest BCUT2D eigenvalue weighted by molar-refractivity contribution is 4.67. The third-order valence-corrected chi connectivity index (χ3v) is 3.08. The number of fused-ring (bicyclic) bond motifs is 1. The molecule has 0 radical (unpaired) electrons. The monoisotopic (exact) mass is 141 g/mol. The normalized spacial score (nSPS) is 28.5. The maximum atomic E-state index is 2.59. The van der Waals surface area contributed by atoms with Gasteiger partial charge in [-0.3, -0.25) is 0 Å². The summed E-state index contributed by atoms with van der Waals surface area (Å²) in [5.41, 5.74) is 0. The molecule has 0 unspecified atom stereocenters. The summed E-state index contributed by atoms with van der Waals surface area (Å²) < 4.78 is 1.36. The standard InChI is InChI=1S/C8H17N2/c1-2-3-6-10-7-4-9(10)5-8-10/h2-8H2,1H3/q+1. The first-order valence-corrected chi connectivity index (χ1v) is 4.49. The maximum Gasteiger partial charge on any atom is 0.115 e. The first-order valence-electron chi connectivity index (χ1n) is 4.49. The Morgan fingerprint density at radius 1 is 1.30 bits per heavy atom. The van der Waals surface area contributed by atoms with Crippen molar-refractivity contribution < 1.29 is 4.59 Å². The molecule has 2 heterocycles. The van der Waals surface area contributed by atoms with Gasteiger partial charge in [0.2, 0.25) is 0 Å². The average molecular weight is 141 g/mol. The van der Waals surface area contributed by atoms with Crippen molar-refractivity contribution in [3.05, 3.63) is 0 Å². The Balaban J connectivity index is 1.80. The van der Waals surface area contributed by atoms with Gasteiger partial charge >= 0.3 is 0 Å². The Labute approximate surface area is 63.0 Å². The summed E-state index contributed by atoms with van der Waals surface area (Å²) in [5.74, 6) is 0. The molecule has 0 saturated carbocycles. The van der Waals surface area contributed by atoms with E-state index in [4.69, 9.17) is 0 Å². The molecule has 10 heavy (non-hydrogen) atoms. The van der Waals surface area contributed by atoms with Crippen molar-refractivity contribution in [3.63, 3.8) is 0 Å². The van der Waals surface area contributed by atoms with Crippen molar-refractivity contribution in [1.29, 1.82) is 0 Å². The molecule has 0 N–H and O–H groups in total. The predicted molar refractivity (Wildman–Crippen MR) is 41.3 cm³/mol. The molecule has 0 atom stereocenters. The topological polar surface area (TPSA) is 3.24 Å². The van der Waals surface area contributed by atoms with E-state index in [1.807, 2.05) is 0 Å². The lowest BCUT2D eigenvalue weighted by atomic mass is 10.1. The fraction of sp³-hybridized carbons (Fsp3) is 1.00. The van der Waals surface area contributed by atoms with Crippen LogP contribution in [0.5, 0.6) is 0 Å². The van der Waals surface area contributed by atoms with E-state index in [1.165, 1.54) is 50.2 Å². The SMILES string of the molecule is CCCC[N+]12CCN1CC2. The summed E-state index contributed by atoms with van der Waals surface area (Å²) in [6, 6.07) is 0. The molecule has 2 saturated heterocycles. The summed E-state index contributed by atoms with van der Waals surface area (Å²) in [6.45, 7) is 9.28. The Morgan fingerprint density at radius 2 is 2.00 bits per heavy atom. The largest absolute Gasteiger partial charge is 0.240 e. The zero-order valence-corrected chi connectivity index (χ0v) is 6.84. The van der Waals surface area contributed by atoms with E-state index in [2.05, 4.69) is 11.9 Å². The first-order chi connectivity index (χ1) is 4.87. The van der Waals surface area contributed by atoms with Gasteiger partial charge in [-0.05, 0) is 6.42 Å². The van der Waals surface area contributed by atoms with Gasteiger partial charge in [-0.15, -0.1) is 5.01 Å². The van der Waals surface area contributed by atoms with Crippen LogP contribution < -0.4 is 0 Å². The molecule has 2 aliphatic rings. The Bertz CT molecular complexity index is 125. The fourth-order valence-corrected chi connectivity index (χ4v) is 2.09. The zero-order chi connectivity index (χ0) is 7.03. The lowest BCUT2D eigenvalue weighted by Crippen LogP contribution is -2.81. The van der Waals surface area contributed by atoms with Gasteiger partial charge in [-0.2, -0.15) is 0 Å². The zero-order valence-electron chi connectivity index (χ0n) is 6.84. The van der Waals surface area contributed by atoms with Crippen LogP contribution in [0.3, 0.4) is 0 Å². The number of piperazine rings is 1. The molecule has 0 aromatic carbocycles. The number of unbranched alkanes of at least 4 members (excludes halogenated alkanes) is 1. The molecule has 2 heteroatoms. The Morgan fingerprint density at radius 3 is 2.30 bits per heavy atom. The Kier molecular flexibility index (Phi) is 1.46. The van der Waals surface area contributed by atoms with Crippen LogP contribution in [0.4, 0.5) is 0 Å². The number of rotatable bonds is 3. The fourth-order valence-electron chi connectivity index (χ4n) is 2.09. The molecule has 58 valence electrons. The van der Waals surface area contributed by atoms with Crippen molar-refractivity contribution >= 4 is 0 Å². The van der Waals surface area contributed by atoms with Crippen LogP contribution in [-0.2, 0) is 0 Å². The Hall–Kier alpha value is -0.0800. The van der Waals surface area contributed by atoms with Crippen LogP contribution in [0.25, 0.3) is 0 Å². The molecular weight excluding hydrogens is 124 g/mol. The van der Waals surface area contributed by atoms with Crippen LogP contribution in [0.1, 0.15) is 19.8 Å². The van der Waals surface area contributed by atoms with E-state index in [0.717, 1.165) is 0 Å². The number of nitrogens with zero attached hydrogens (tertiary/aromatic N) is 2. The molecule has 0 spiro atoms. The molecule has 2 aliphatic heterocycles. The van der Waals surface area contributed by atoms with Crippen molar-refractivity contribution in [2.24, 2.45) is 0 Å². The van der Waals surface area contributed by atoms with Crippen LogP contribution >= 0.6 is 0 Å². The van der Waals surface area contributed by atoms with Crippen molar-refractivity contribution in [1.82, 2.24) is 5.01 Å². The summed E-state index contributed by atoms with van der Waals surface area (Å²) in [7, 11) is 0. The van der Waals surface area contributed by atoms with Gasteiger partial charge in [-0.1, -0.05) is 13.3 Å². The molecule has 0 aromatic rings. The van der Waals surface area contributed by atoms with E-state index in [1.54, 1.807) is 0 Å². The summed E-state index contributed by atoms with van der Waals surface area (Å²) in [4.78, 5) is 0. The number of quaternary nitrogens is 1. The predicted octanol–water partition coefficient (Wildman–Crippen LogP) is 0.848. The van der Waals surface area contributed by atoms with Crippen LogP contribution in [0, 0.1) is 0 Å². The second-order valence-corrected chi connectivity index (χ2v) is 3.57. The lowest BCUT2D eigenvalue weighted by molar-refractivity contribution is -1.12. The average Bonchev–Trinajstić information content (AvgIpc) is 1.95. The van der Waals surface area contributed by atoms with Gasteiger partial charge in [0.25, 0.3) is 0 Å². The lowest BCUT2D eigenvalue weighted by Gasteiger charge is -2.61. The highest BCUT2D eigenvalue weighted by Crippen LogP contribution is 2.30. The third kappa shape index (κ3) is 0.722. The van der Waals surface area contributed by atoms with Crippen LogP contribution in [-0.4, -0.2) is 42.3 Å². The van der Waals surface area contributed by atoms with E-state index >= 15 is 0 Å². The van der Waals surface area contributed by atoms with E-state index < -0.39 is 0 Å². The molecule has 0 bridgehead atoms. The molecule has 2 rings (SSSR count). The first kappa shape index (κ1) is 6.62. The van der Waals surface area contributed by atoms with Crippen LogP contribution in [0.15, 0.2) is 0 Å². The van der Waals surface area contributed by atoms with E-state index in [9.17, 15) is 0 Å². The highest BCUT2D eigenvalue weighted by Gasteiger charge is 2.51. The highest BCUT2D eigenvalue weighted by atomic mass is 15.9. The number of hydrogen-bond donors (Lipinski definition) is 0. The second kappa shape index (κ2) is 2.21. The molecule has 0 aromatic heterocycles. The molecule has 0 aliphatic carbocycles. The van der Waals surface area contributed by atoms with Crippen molar-refractivity contribution in [2.45, 2.75) is 19.8 Å². The van der Waals surface area contributed by atoms with Gasteiger partial charge in [0.05, 0.1) is 19.6 Å². The van der Waals surface area contributed by atoms with Crippen molar-refractivity contribution in [2.75, 3.05) is 32.7 Å². The van der Waals surface area contributed by atoms with E-state index in [0.29, 0.717) is 0 Å². The summed E-state index contributed by atoms with van der Waals surface area (Å²) in [6.07, 6.45) is 2.77. The molecular formula is C8H17N2+. The van der Waals surface area contributed by atoms with E-state index in [-0.39, 0.29) is 0 Å². The van der Waals surface area contributed by atoms with Gasteiger partial charge in [0.1, 0.15) is 13.1 Å². The van der Waals surface area contributed by atoms with Gasteiger partial charge < -0.3 is 0 Å². The van der Waals surface area contributed by atoms with Crippen LogP contribution in [0.2, 0.25) is 0 Å². The third-order valence-electron chi connectivity index (χ3n) is 3.08. The maximum absolute atomic E-state index is 2.59. The minimum atomic E-state index is 1.36. The quantitative estimate of drug-likeness (QED) is 0.527. The summed E-state index contributed by atoms with van der Waals surface area (Å²) >= 11 is 0. The molecule has 2 fully saturated rings. The smallest absolute Gasteiger partial charge is 0.115 e. The molecule has 2 nitrogen and oxygen atoms in total. The van der Waals surface area contributed by atoms with Gasteiger partial charge in [-0.25, -0.2) is 4.59 Å². The van der Waals surface area contributed by atoms with Gasteiger partial charge in [0.15, 0.2) is 0 Å². The molecule has 0 amide bonds. The van der Waals surface area contributed by atoms with Crippen molar-refractivity contribution in [3.8, 4) is 0 Å². The minimum absolute atomic E-state index is 1.36. The summed E-state index contributed by atoms with van der Waals surface area (Å²) in [5, 5.41) is 2.59. The second-order valence-electron chi connectivity index (χ2n) is 3.57. The van der Waals surface area contributed by atoms with Gasteiger partial charge in [0, 0.05) is 0 Å². The number of hydrogen-bond acceptors (Lipinski definition) is 1.